The molecule has 3 atom stereocenters. The molecular formula is C17H25N3O4. The van der Waals surface area contributed by atoms with Gasteiger partial charge < -0.3 is 9.26 Å². The summed E-state index contributed by atoms with van der Waals surface area (Å²) in [5, 5.41) is 5.52. The maximum atomic E-state index is 12.5. The summed E-state index contributed by atoms with van der Waals surface area (Å²) < 4.78 is 11.4. The fourth-order valence-corrected chi connectivity index (χ4v) is 4.03. The lowest BCUT2D eigenvalue weighted by molar-refractivity contribution is -0.180. The van der Waals surface area contributed by atoms with Gasteiger partial charge in [0.2, 0.25) is 0 Å². The van der Waals surface area contributed by atoms with Crippen LogP contribution in [-0.2, 0) is 20.9 Å². The summed E-state index contributed by atoms with van der Waals surface area (Å²) in [6.07, 6.45) is 2.60. The number of aromatic nitrogens is 1. The van der Waals surface area contributed by atoms with Gasteiger partial charge >= 0.3 is 0 Å². The number of hydrogen-bond donors (Lipinski definition) is 0. The highest BCUT2D eigenvalue weighted by atomic mass is 16.7. The Kier molecular flexibility index (Phi) is 4.32. The topological polar surface area (TPSA) is 68.0 Å². The number of fused-ring (bicyclic) bond motifs is 1. The number of aryl methyl sites for hydroxylation is 2. The first-order chi connectivity index (χ1) is 11.6. The molecule has 24 heavy (non-hydrogen) atoms. The molecule has 4 rings (SSSR count). The number of hydroxylamine groups is 2. The van der Waals surface area contributed by atoms with Crippen LogP contribution in [0.15, 0.2) is 4.52 Å². The number of hydrogen-bond acceptors (Lipinski definition) is 6. The molecule has 3 aliphatic rings. The maximum absolute atomic E-state index is 12.5. The molecule has 1 amide bonds. The largest absolute Gasteiger partial charge is 0.363 e. The monoisotopic (exact) mass is 335 g/mol. The van der Waals surface area contributed by atoms with Crippen LogP contribution >= 0.6 is 0 Å². The highest BCUT2D eigenvalue weighted by Gasteiger charge is 2.43. The molecule has 0 saturated carbocycles. The number of carbonyl (C=O) groups excluding carboxylic acids is 1. The molecule has 4 heterocycles. The lowest BCUT2D eigenvalue weighted by atomic mass is 9.91. The molecule has 0 radical (unpaired) electrons. The van der Waals surface area contributed by atoms with Crippen molar-refractivity contribution in [3.63, 3.8) is 0 Å². The van der Waals surface area contributed by atoms with Crippen LogP contribution < -0.4 is 0 Å². The van der Waals surface area contributed by atoms with Gasteiger partial charge in [-0.05, 0) is 45.6 Å². The van der Waals surface area contributed by atoms with Gasteiger partial charge in [0.05, 0.1) is 24.9 Å². The van der Waals surface area contributed by atoms with E-state index in [1.807, 2.05) is 13.8 Å². The molecule has 0 aliphatic carbocycles. The van der Waals surface area contributed by atoms with Gasteiger partial charge in [0, 0.05) is 18.7 Å². The molecule has 7 nitrogen and oxygen atoms in total. The van der Waals surface area contributed by atoms with Crippen molar-refractivity contribution in [3.05, 3.63) is 17.0 Å². The van der Waals surface area contributed by atoms with E-state index in [0.717, 1.165) is 50.4 Å². The van der Waals surface area contributed by atoms with E-state index >= 15 is 0 Å². The predicted octanol–water partition coefficient (Wildman–Crippen LogP) is 1.43. The summed E-state index contributed by atoms with van der Waals surface area (Å²) in [6.45, 7) is 7.98. The van der Waals surface area contributed by atoms with Crippen LogP contribution in [0.3, 0.4) is 0 Å². The Hall–Kier alpha value is -1.44. The third-order valence-electron chi connectivity index (χ3n) is 5.47. The number of likely N-dealkylation sites (tertiary alicyclic amines) is 1. The van der Waals surface area contributed by atoms with Crippen molar-refractivity contribution in [3.8, 4) is 0 Å². The Morgan fingerprint density at radius 3 is 2.92 bits per heavy atom. The summed E-state index contributed by atoms with van der Waals surface area (Å²) in [5.74, 6) is 1.36. The molecule has 1 aromatic heterocycles. The van der Waals surface area contributed by atoms with E-state index < -0.39 is 0 Å². The molecule has 3 aliphatic heterocycles. The second-order valence-corrected chi connectivity index (χ2v) is 7.11. The predicted molar refractivity (Wildman–Crippen MR) is 84.9 cm³/mol. The third kappa shape index (κ3) is 2.96. The highest BCUT2D eigenvalue weighted by Crippen LogP contribution is 2.35. The molecule has 3 saturated heterocycles. The Morgan fingerprint density at radius 2 is 2.21 bits per heavy atom. The highest BCUT2D eigenvalue weighted by molar-refractivity contribution is 5.80. The molecule has 0 unspecified atom stereocenters. The van der Waals surface area contributed by atoms with Gasteiger partial charge in [-0.1, -0.05) is 5.16 Å². The zero-order chi connectivity index (χ0) is 16.7. The standard InChI is InChI=1S/C17H25N3O4/c1-11-14(12(2)24-18-11)9-19-6-4-13-8-15(23-16(13)10-19)17(21)20-5-3-7-22-20/h13,15-16H,3-10H2,1-2H3/t13-,15+,16+/m1/s1. The van der Waals surface area contributed by atoms with Crippen LogP contribution in [0.4, 0.5) is 0 Å². The minimum absolute atomic E-state index is 0.000765. The molecule has 0 N–H and O–H groups in total. The van der Waals surface area contributed by atoms with E-state index in [4.69, 9.17) is 14.1 Å². The Morgan fingerprint density at radius 1 is 1.33 bits per heavy atom. The van der Waals surface area contributed by atoms with Gasteiger partial charge in [-0.2, -0.15) is 0 Å². The van der Waals surface area contributed by atoms with Gasteiger partial charge in [0.15, 0.2) is 0 Å². The first kappa shape index (κ1) is 16.1. The lowest BCUT2D eigenvalue weighted by Gasteiger charge is -2.33. The van der Waals surface area contributed by atoms with Crippen molar-refractivity contribution in [1.82, 2.24) is 15.1 Å². The zero-order valence-corrected chi connectivity index (χ0v) is 14.4. The summed E-state index contributed by atoms with van der Waals surface area (Å²) >= 11 is 0. The molecule has 3 fully saturated rings. The summed E-state index contributed by atoms with van der Waals surface area (Å²) in [6, 6.07) is 0. The molecule has 0 aromatic carbocycles. The van der Waals surface area contributed by atoms with Crippen LogP contribution in [0.25, 0.3) is 0 Å². The van der Waals surface area contributed by atoms with E-state index in [-0.39, 0.29) is 18.1 Å². The average molecular weight is 335 g/mol. The van der Waals surface area contributed by atoms with Crippen molar-refractivity contribution in [2.24, 2.45) is 5.92 Å². The fraction of sp³-hybridized carbons (Fsp3) is 0.765. The van der Waals surface area contributed by atoms with Crippen LogP contribution in [-0.4, -0.2) is 59.5 Å². The molecule has 132 valence electrons. The Balaban J connectivity index is 1.36. The smallest absolute Gasteiger partial charge is 0.275 e. The maximum Gasteiger partial charge on any atom is 0.275 e. The van der Waals surface area contributed by atoms with E-state index in [0.29, 0.717) is 19.1 Å². The van der Waals surface area contributed by atoms with Crippen LogP contribution in [0, 0.1) is 19.8 Å². The third-order valence-corrected chi connectivity index (χ3v) is 5.47. The van der Waals surface area contributed by atoms with Gasteiger partial charge in [0.1, 0.15) is 11.9 Å². The number of amides is 1. The molecular weight excluding hydrogens is 310 g/mol. The first-order valence-electron chi connectivity index (χ1n) is 8.85. The quantitative estimate of drug-likeness (QED) is 0.832. The Labute approximate surface area is 141 Å². The van der Waals surface area contributed by atoms with Crippen LogP contribution in [0.2, 0.25) is 0 Å². The first-order valence-corrected chi connectivity index (χ1v) is 8.85. The van der Waals surface area contributed by atoms with E-state index in [1.54, 1.807) is 0 Å². The molecule has 1 aromatic rings. The lowest BCUT2D eigenvalue weighted by Crippen LogP contribution is -2.42. The van der Waals surface area contributed by atoms with Crippen molar-refractivity contribution in [2.45, 2.75) is 51.9 Å². The van der Waals surface area contributed by atoms with Crippen molar-refractivity contribution in [2.75, 3.05) is 26.2 Å². The molecule has 0 spiro atoms. The van der Waals surface area contributed by atoms with Crippen molar-refractivity contribution >= 4 is 5.91 Å². The second kappa shape index (κ2) is 6.46. The Bertz CT molecular complexity index is 591. The zero-order valence-electron chi connectivity index (χ0n) is 14.4. The van der Waals surface area contributed by atoms with Gasteiger partial charge in [-0.3, -0.25) is 14.5 Å². The number of carbonyl (C=O) groups is 1. The SMILES string of the molecule is Cc1noc(C)c1CN1CC[C@@H]2C[C@@H](C(=O)N3CCCO3)O[C@H]2C1. The summed E-state index contributed by atoms with van der Waals surface area (Å²) in [5.41, 5.74) is 2.13. The molecule has 0 bridgehead atoms. The fourth-order valence-electron chi connectivity index (χ4n) is 4.03. The van der Waals surface area contributed by atoms with E-state index in [9.17, 15) is 4.79 Å². The molecule has 7 heteroatoms. The number of rotatable bonds is 3. The minimum Gasteiger partial charge on any atom is -0.363 e. The average Bonchev–Trinajstić information content (AvgIpc) is 3.30. The second-order valence-electron chi connectivity index (χ2n) is 7.11. The van der Waals surface area contributed by atoms with E-state index in [2.05, 4.69) is 10.1 Å². The van der Waals surface area contributed by atoms with Crippen LogP contribution in [0.5, 0.6) is 0 Å². The van der Waals surface area contributed by atoms with Gasteiger partial charge in [-0.15, -0.1) is 0 Å². The van der Waals surface area contributed by atoms with Crippen molar-refractivity contribution in [1.29, 1.82) is 0 Å². The van der Waals surface area contributed by atoms with Crippen LogP contribution in [0.1, 0.15) is 36.3 Å². The summed E-state index contributed by atoms with van der Waals surface area (Å²) in [4.78, 5) is 20.2. The van der Waals surface area contributed by atoms with Gasteiger partial charge in [0.25, 0.3) is 5.91 Å². The normalized spacial score (nSPS) is 30.8. The number of piperidine rings is 1. The number of nitrogens with zero attached hydrogens (tertiary/aromatic N) is 3. The van der Waals surface area contributed by atoms with Crippen molar-refractivity contribution < 1.29 is 18.9 Å². The number of ether oxygens (including phenoxy) is 1. The summed E-state index contributed by atoms with van der Waals surface area (Å²) in [7, 11) is 0. The van der Waals surface area contributed by atoms with E-state index in [1.165, 1.54) is 10.6 Å². The minimum atomic E-state index is -0.336. The van der Waals surface area contributed by atoms with Gasteiger partial charge in [-0.25, -0.2) is 5.06 Å².